The van der Waals surface area contributed by atoms with Gasteiger partial charge >= 0.3 is 0 Å². The number of hydrogen-bond donors (Lipinski definition) is 0. The molecule has 1 saturated carbocycles. The Morgan fingerprint density at radius 3 is 2.04 bits per heavy atom. The average molecular weight is 362 g/mol. The Bertz CT molecular complexity index is 872. The van der Waals surface area contributed by atoms with Gasteiger partial charge in [-0.1, -0.05) is 36.4 Å². The number of benzene rings is 2. The summed E-state index contributed by atoms with van der Waals surface area (Å²) in [7, 11) is 0. The molecule has 2 fully saturated rings. The average Bonchev–Trinajstić information content (AvgIpc) is 3.38. The van der Waals surface area contributed by atoms with Gasteiger partial charge in [-0.25, -0.2) is 0 Å². The second kappa shape index (κ2) is 7.18. The van der Waals surface area contributed by atoms with Gasteiger partial charge in [-0.3, -0.25) is 9.59 Å². The Balaban J connectivity index is 1.52. The molecule has 1 saturated heterocycles. The molecule has 2 aromatic carbocycles. The maximum Gasteiger partial charge on any atom is 0.254 e. The van der Waals surface area contributed by atoms with Gasteiger partial charge in [0.2, 0.25) is 0 Å². The van der Waals surface area contributed by atoms with Crippen LogP contribution in [0.25, 0.3) is 0 Å². The van der Waals surface area contributed by atoms with Crippen LogP contribution >= 0.6 is 0 Å². The highest BCUT2D eigenvalue weighted by Crippen LogP contribution is 2.33. The molecule has 2 aliphatic rings. The van der Waals surface area contributed by atoms with E-state index in [1.807, 2.05) is 67.3 Å². The van der Waals surface area contributed by atoms with Gasteiger partial charge < -0.3 is 9.80 Å². The first-order chi connectivity index (χ1) is 13.1. The number of likely N-dealkylation sites (tertiary alicyclic amines) is 1. The zero-order valence-electron chi connectivity index (χ0n) is 16.0. The quantitative estimate of drug-likeness (QED) is 0.829. The van der Waals surface area contributed by atoms with E-state index in [-0.39, 0.29) is 17.9 Å². The molecule has 0 N–H and O–H groups in total. The maximum atomic E-state index is 13.3. The van der Waals surface area contributed by atoms with Crippen molar-refractivity contribution in [3.63, 3.8) is 0 Å². The smallest absolute Gasteiger partial charge is 0.254 e. The SMILES string of the molecule is Cc1ccccc1C(=O)N1CCC(N(C(=O)c2ccccc2C)C2CC2)C1. The van der Waals surface area contributed by atoms with E-state index in [9.17, 15) is 9.59 Å². The molecule has 4 heteroatoms. The Morgan fingerprint density at radius 2 is 1.44 bits per heavy atom. The van der Waals surface area contributed by atoms with Crippen molar-refractivity contribution >= 4 is 11.8 Å². The largest absolute Gasteiger partial charge is 0.336 e. The van der Waals surface area contributed by atoms with E-state index in [4.69, 9.17) is 0 Å². The van der Waals surface area contributed by atoms with Gasteiger partial charge in [0.15, 0.2) is 0 Å². The fourth-order valence-electron chi connectivity index (χ4n) is 4.07. The summed E-state index contributed by atoms with van der Waals surface area (Å²) in [4.78, 5) is 30.2. The second-order valence-electron chi connectivity index (χ2n) is 7.77. The number of nitrogens with zero attached hydrogens (tertiary/aromatic N) is 2. The Labute approximate surface area is 160 Å². The Hall–Kier alpha value is -2.62. The molecule has 1 atom stereocenters. The molecule has 0 aromatic heterocycles. The van der Waals surface area contributed by atoms with Crippen LogP contribution < -0.4 is 0 Å². The van der Waals surface area contributed by atoms with Crippen LogP contribution in [-0.4, -0.2) is 46.8 Å². The van der Waals surface area contributed by atoms with E-state index >= 15 is 0 Å². The molecule has 1 unspecified atom stereocenters. The van der Waals surface area contributed by atoms with Crippen molar-refractivity contribution in [3.8, 4) is 0 Å². The van der Waals surface area contributed by atoms with Crippen LogP contribution in [0.2, 0.25) is 0 Å². The molecule has 4 rings (SSSR count). The summed E-state index contributed by atoms with van der Waals surface area (Å²) in [5, 5.41) is 0. The lowest BCUT2D eigenvalue weighted by atomic mass is 10.1. The van der Waals surface area contributed by atoms with Crippen LogP contribution in [0.15, 0.2) is 48.5 Å². The molecular formula is C23H26N2O2. The monoisotopic (exact) mass is 362 g/mol. The van der Waals surface area contributed by atoms with Gasteiger partial charge in [0.05, 0.1) is 6.04 Å². The Kier molecular flexibility index (Phi) is 4.73. The minimum absolute atomic E-state index is 0.0784. The predicted molar refractivity (Wildman–Crippen MR) is 106 cm³/mol. The molecule has 27 heavy (non-hydrogen) atoms. The van der Waals surface area contributed by atoms with Crippen LogP contribution in [0.3, 0.4) is 0 Å². The van der Waals surface area contributed by atoms with Crippen molar-refractivity contribution in [2.24, 2.45) is 0 Å². The first-order valence-electron chi connectivity index (χ1n) is 9.79. The van der Waals surface area contributed by atoms with Crippen LogP contribution in [-0.2, 0) is 0 Å². The molecule has 1 aliphatic heterocycles. The van der Waals surface area contributed by atoms with E-state index in [1.165, 1.54) is 0 Å². The van der Waals surface area contributed by atoms with Crippen molar-refractivity contribution in [2.75, 3.05) is 13.1 Å². The normalized spacial score (nSPS) is 19.2. The van der Waals surface area contributed by atoms with Crippen LogP contribution in [0.5, 0.6) is 0 Å². The summed E-state index contributed by atoms with van der Waals surface area (Å²) in [6.07, 6.45) is 2.99. The van der Waals surface area contributed by atoms with Gasteiger partial charge in [-0.2, -0.15) is 0 Å². The van der Waals surface area contributed by atoms with E-state index in [2.05, 4.69) is 4.90 Å². The zero-order chi connectivity index (χ0) is 19.0. The molecule has 0 radical (unpaired) electrons. The zero-order valence-corrected chi connectivity index (χ0v) is 16.0. The van der Waals surface area contributed by atoms with Gasteiger partial charge in [-0.05, 0) is 56.4 Å². The van der Waals surface area contributed by atoms with Gasteiger partial charge in [0, 0.05) is 30.3 Å². The van der Waals surface area contributed by atoms with Crippen molar-refractivity contribution in [1.29, 1.82) is 0 Å². The topological polar surface area (TPSA) is 40.6 Å². The van der Waals surface area contributed by atoms with E-state index in [0.29, 0.717) is 19.1 Å². The standard InChI is InChI=1S/C23H26N2O2/c1-16-7-3-5-9-20(16)22(26)24-14-13-19(15-24)25(18-11-12-18)23(27)21-10-6-4-8-17(21)2/h3-10,18-19H,11-15H2,1-2H3. The van der Waals surface area contributed by atoms with Gasteiger partial charge in [0.1, 0.15) is 0 Å². The molecule has 1 aliphatic carbocycles. The number of amides is 2. The minimum atomic E-state index is 0.0784. The third-order valence-corrected chi connectivity index (χ3v) is 5.77. The molecule has 140 valence electrons. The van der Waals surface area contributed by atoms with Crippen LogP contribution in [0.1, 0.15) is 51.1 Å². The highest BCUT2D eigenvalue weighted by molar-refractivity contribution is 5.97. The summed E-state index contributed by atoms with van der Waals surface area (Å²) >= 11 is 0. The first kappa shape index (κ1) is 17.8. The molecule has 0 bridgehead atoms. The molecular weight excluding hydrogens is 336 g/mol. The van der Waals surface area contributed by atoms with Crippen molar-refractivity contribution < 1.29 is 9.59 Å². The van der Waals surface area contributed by atoms with Crippen molar-refractivity contribution in [2.45, 2.75) is 45.2 Å². The van der Waals surface area contributed by atoms with Crippen LogP contribution in [0.4, 0.5) is 0 Å². The maximum absolute atomic E-state index is 13.3. The lowest BCUT2D eigenvalue weighted by Gasteiger charge is -2.30. The summed E-state index contributed by atoms with van der Waals surface area (Å²) in [6, 6.07) is 16.0. The van der Waals surface area contributed by atoms with E-state index in [0.717, 1.165) is 41.5 Å². The fourth-order valence-corrected chi connectivity index (χ4v) is 4.07. The number of aryl methyl sites for hydroxylation is 2. The van der Waals surface area contributed by atoms with Crippen molar-refractivity contribution in [1.82, 2.24) is 9.80 Å². The summed E-state index contributed by atoms with van der Waals surface area (Å²) in [5.74, 6) is 0.195. The number of carbonyl (C=O) groups is 2. The lowest BCUT2D eigenvalue weighted by molar-refractivity contribution is 0.0640. The fraction of sp³-hybridized carbons (Fsp3) is 0.391. The summed E-state index contributed by atoms with van der Waals surface area (Å²) in [6.45, 7) is 5.29. The first-order valence-corrected chi connectivity index (χ1v) is 9.79. The third kappa shape index (κ3) is 3.48. The highest BCUT2D eigenvalue weighted by atomic mass is 16.2. The van der Waals surface area contributed by atoms with Gasteiger partial charge in [-0.15, -0.1) is 0 Å². The molecule has 2 aromatic rings. The summed E-state index contributed by atoms with van der Waals surface area (Å²) < 4.78 is 0. The molecule has 4 nitrogen and oxygen atoms in total. The Morgan fingerprint density at radius 1 is 0.852 bits per heavy atom. The molecule has 0 spiro atoms. The predicted octanol–water partition coefficient (Wildman–Crippen LogP) is 3.82. The summed E-state index contributed by atoms with van der Waals surface area (Å²) in [5.41, 5.74) is 3.56. The number of rotatable bonds is 4. The van der Waals surface area contributed by atoms with Crippen molar-refractivity contribution in [3.05, 3.63) is 70.8 Å². The lowest BCUT2D eigenvalue weighted by Crippen LogP contribution is -2.44. The highest BCUT2D eigenvalue weighted by Gasteiger charge is 2.41. The van der Waals surface area contributed by atoms with E-state index < -0.39 is 0 Å². The van der Waals surface area contributed by atoms with Crippen LogP contribution in [0, 0.1) is 13.8 Å². The molecule has 2 amide bonds. The van der Waals surface area contributed by atoms with Gasteiger partial charge in [0.25, 0.3) is 11.8 Å². The minimum Gasteiger partial charge on any atom is -0.336 e. The third-order valence-electron chi connectivity index (χ3n) is 5.77. The molecule has 1 heterocycles. The number of carbonyl (C=O) groups excluding carboxylic acids is 2. The van der Waals surface area contributed by atoms with E-state index in [1.54, 1.807) is 0 Å². The second-order valence-corrected chi connectivity index (χ2v) is 7.77. The number of hydrogen-bond acceptors (Lipinski definition) is 2.